The lowest BCUT2D eigenvalue weighted by atomic mass is 9.80. The number of benzene rings is 3. The molecule has 4 heteroatoms. The van der Waals surface area contributed by atoms with Gasteiger partial charge in [0.25, 0.3) is 0 Å². The van der Waals surface area contributed by atoms with E-state index in [2.05, 4.69) is 44.3 Å². The van der Waals surface area contributed by atoms with Gasteiger partial charge in [-0.25, -0.2) is 4.39 Å². The summed E-state index contributed by atoms with van der Waals surface area (Å²) in [5.41, 5.74) is 7.99. The fourth-order valence-electron chi connectivity index (χ4n) is 4.72. The fourth-order valence-corrected chi connectivity index (χ4v) is 4.89. The van der Waals surface area contributed by atoms with E-state index in [1.807, 2.05) is 30.3 Å². The van der Waals surface area contributed by atoms with E-state index in [-0.39, 0.29) is 17.5 Å². The Bertz CT molecular complexity index is 1230. The van der Waals surface area contributed by atoms with Gasteiger partial charge in [-0.15, -0.1) is 0 Å². The first kappa shape index (κ1) is 19.2. The van der Waals surface area contributed by atoms with Crippen molar-refractivity contribution in [1.29, 1.82) is 0 Å². The number of halogens is 2. The molecule has 0 unspecified atom stereocenters. The lowest BCUT2D eigenvalue weighted by Crippen LogP contribution is -2.32. The van der Waals surface area contributed by atoms with Crippen molar-refractivity contribution in [3.63, 3.8) is 0 Å². The molecule has 30 heavy (non-hydrogen) atoms. The van der Waals surface area contributed by atoms with Gasteiger partial charge in [0.05, 0.1) is 5.54 Å². The van der Waals surface area contributed by atoms with E-state index in [9.17, 15) is 4.39 Å². The highest BCUT2D eigenvalue weighted by Crippen LogP contribution is 2.51. The SMILES string of the molecule is CC1=CC(C)(C)Nc2ccc3c(c21)[C@@H](c1ccc(F)c(C)c1)Oc1ccc(Cl)cc1-3. The third-order valence-electron chi connectivity index (χ3n) is 5.90. The minimum atomic E-state index is -0.339. The normalized spacial score (nSPS) is 18.3. The van der Waals surface area contributed by atoms with Gasteiger partial charge in [-0.2, -0.15) is 0 Å². The predicted molar refractivity (Wildman–Crippen MR) is 122 cm³/mol. The Labute approximate surface area is 181 Å². The summed E-state index contributed by atoms with van der Waals surface area (Å²) in [6.45, 7) is 8.24. The van der Waals surface area contributed by atoms with Gasteiger partial charge in [0, 0.05) is 27.4 Å². The number of rotatable bonds is 1. The van der Waals surface area contributed by atoms with Crippen LogP contribution in [0.15, 0.2) is 54.6 Å². The van der Waals surface area contributed by atoms with E-state index in [0.29, 0.717) is 10.6 Å². The number of fused-ring (bicyclic) bond motifs is 5. The average Bonchev–Trinajstić information content (AvgIpc) is 2.68. The number of ether oxygens (including phenoxy) is 1. The molecule has 0 spiro atoms. The Kier molecular flexibility index (Phi) is 4.23. The van der Waals surface area contributed by atoms with Gasteiger partial charge in [-0.1, -0.05) is 29.8 Å². The van der Waals surface area contributed by atoms with Crippen LogP contribution in [0, 0.1) is 12.7 Å². The van der Waals surface area contributed by atoms with Crippen LogP contribution in [0.25, 0.3) is 16.7 Å². The molecule has 1 N–H and O–H groups in total. The quantitative estimate of drug-likeness (QED) is 0.439. The van der Waals surface area contributed by atoms with E-state index in [4.69, 9.17) is 16.3 Å². The predicted octanol–water partition coefficient (Wildman–Crippen LogP) is 7.54. The van der Waals surface area contributed by atoms with E-state index in [1.165, 1.54) is 11.6 Å². The maximum Gasteiger partial charge on any atom is 0.150 e. The fraction of sp³-hybridized carbons (Fsp3) is 0.231. The molecule has 0 saturated carbocycles. The molecule has 0 fully saturated rings. The standard InChI is InChI=1S/C26H23ClFNO/c1-14-11-16(5-8-20(14)28)25-24-18(19-12-17(27)6-10-22(19)30-25)7-9-21-23(24)15(2)13-26(3,4)29-21/h5-13,25,29H,1-4H3/t25-/m1/s1. The molecule has 3 aromatic carbocycles. The molecule has 0 saturated heterocycles. The molecule has 2 heterocycles. The van der Waals surface area contributed by atoms with Crippen molar-refractivity contribution < 1.29 is 9.13 Å². The summed E-state index contributed by atoms with van der Waals surface area (Å²) in [6, 6.07) is 15.2. The molecule has 0 aromatic heterocycles. The van der Waals surface area contributed by atoms with Crippen molar-refractivity contribution in [3.05, 3.63) is 87.7 Å². The number of anilines is 1. The first-order chi connectivity index (χ1) is 14.2. The summed E-state index contributed by atoms with van der Waals surface area (Å²) in [5.74, 6) is 0.570. The molecule has 0 radical (unpaired) electrons. The second-order valence-corrected chi connectivity index (χ2v) is 9.21. The third-order valence-corrected chi connectivity index (χ3v) is 6.13. The van der Waals surface area contributed by atoms with E-state index in [0.717, 1.165) is 39.3 Å². The minimum Gasteiger partial charge on any atom is -0.480 e. The smallest absolute Gasteiger partial charge is 0.150 e. The highest BCUT2D eigenvalue weighted by molar-refractivity contribution is 6.31. The number of nitrogens with one attached hydrogen (secondary N) is 1. The molecule has 2 nitrogen and oxygen atoms in total. The highest BCUT2D eigenvalue weighted by atomic mass is 35.5. The molecule has 2 aliphatic rings. The first-order valence-electron chi connectivity index (χ1n) is 10.1. The zero-order valence-electron chi connectivity index (χ0n) is 17.4. The van der Waals surface area contributed by atoms with Crippen LogP contribution in [-0.2, 0) is 0 Å². The summed E-state index contributed by atoms with van der Waals surface area (Å²) >= 11 is 6.32. The van der Waals surface area contributed by atoms with Crippen LogP contribution in [-0.4, -0.2) is 5.54 Å². The Hall–Kier alpha value is -2.78. The van der Waals surface area contributed by atoms with Gasteiger partial charge in [-0.05, 0) is 86.4 Å². The Morgan fingerprint density at radius 1 is 1.00 bits per heavy atom. The molecular weight excluding hydrogens is 397 g/mol. The summed E-state index contributed by atoms with van der Waals surface area (Å²) in [6.07, 6.45) is 1.91. The first-order valence-corrected chi connectivity index (χ1v) is 10.5. The lowest BCUT2D eigenvalue weighted by Gasteiger charge is -2.37. The van der Waals surface area contributed by atoms with Gasteiger partial charge in [-0.3, -0.25) is 0 Å². The maximum absolute atomic E-state index is 14.0. The Balaban J connectivity index is 1.81. The monoisotopic (exact) mass is 419 g/mol. The van der Waals surface area contributed by atoms with Crippen LogP contribution < -0.4 is 10.1 Å². The van der Waals surface area contributed by atoms with Crippen LogP contribution in [0.1, 0.15) is 49.1 Å². The maximum atomic E-state index is 14.0. The summed E-state index contributed by atoms with van der Waals surface area (Å²) in [4.78, 5) is 0. The van der Waals surface area contributed by atoms with Gasteiger partial charge in [0.1, 0.15) is 11.6 Å². The van der Waals surface area contributed by atoms with E-state index < -0.39 is 0 Å². The molecule has 0 bridgehead atoms. The second kappa shape index (κ2) is 6.61. The van der Waals surface area contributed by atoms with Gasteiger partial charge in [0.15, 0.2) is 6.10 Å². The molecule has 2 aliphatic heterocycles. The summed E-state index contributed by atoms with van der Waals surface area (Å²) < 4.78 is 20.5. The highest BCUT2D eigenvalue weighted by Gasteiger charge is 2.34. The van der Waals surface area contributed by atoms with E-state index >= 15 is 0 Å². The van der Waals surface area contributed by atoms with Crippen LogP contribution in [0.4, 0.5) is 10.1 Å². The van der Waals surface area contributed by atoms with Gasteiger partial charge in [0.2, 0.25) is 0 Å². The second-order valence-electron chi connectivity index (χ2n) is 8.77. The third kappa shape index (κ3) is 3.00. The zero-order valence-corrected chi connectivity index (χ0v) is 18.2. The zero-order chi connectivity index (χ0) is 21.2. The minimum absolute atomic E-state index is 0.135. The summed E-state index contributed by atoms with van der Waals surface area (Å²) in [5, 5.41) is 4.30. The van der Waals surface area contributed by atoms with Crippen molar-refractivity contribution in [3.8, 4) is 16.9 Å². The molecule has 5 rings (SSSR count). The lowest BCUT2D eigenvalue weighted by molar-refractivity contribution is 0.243. The number of allylic oxidation sites excluding steroid dienone is 1. The average molecular weight is 420 g/mol. The number of hydrogen-bond donors (Lipinski definition) is 1. The van der Waals surface area contributed by atoms with Crippen molar-refractivity contribution >= 4 is 22.9 Å². The van der Waals surface area contributed by atoms with Crippen molar-refractivity contribution in [2.75, 3.05) is 5.32 Å². The molecule has 1 atom stereocenters. The largest absolute Gasteiger partial charge is 0.480 e. The van der Waals surface area contributed by atoms with Crippen molar-refractivity contribution in [2.45, 2.75) is 39.3 Å². The van der Waals surface area contributed by atoms with Crippen LogP contribution in [0.5, 0.6) is 5.75 Å². The molecule has 0 aliphatic carbocycles. The van der Waals surface area contributed by atoms with Crippen LogP contribution >= 0.6 is 11.6 Å². The topological polar surface area (TPSA) is 21.3 Å². The molecule has 0 amide bonds. The van der Waals surface area contributed by atoms with Gasteiger partial charge >= 0.3 is 0 Å². The Morgan fingerprint density at radius 3 is 2.57 bits per heavy atom. The van der Waals surface area contributed by atoms with Crippen LogP contribution in [0.2, 0.25) is 5.02 Å². The van der Waals surface area contributed by atoms with Crippen LogP contribution in [0.3, 0.4) is 0 Å². The Morgan fingerprint density at radius 2 is 1.80 bits per heavy atom. The van der Waals surface area contributed by atoms with Gasteiger partial charge < -0.3 is 10.1 Å². The molecular formula is C26H23ClFNO. The molecule has 3 aromatic rings. The number of aryl methyl sites for hydroxylation is 1. The van der Waals surface area contributed by atoms with Crippen molar-refractivity contribution in [2.24, 2.45) is 0 Å². The van der Waals surface area contributed by atoms with E-state index in [1.54, 1.807) is 6.92 Å². The summed E-state index contributed by atoms with van der Waals surface area (Å²) in [7, 11) is 0. The van der Waals surface area contributed by atoms with Crippen molar-refractivity contribution in [1.82, 2.24) is 0 Å². The number of hydrogen-bond acceptors (Lipinski definition) is 2. The molecule has 152 valence electrons.